The molecule has 0 radical (unpaired) electrons. The molecular formula is C16H14FNO2S. The predicted octanol–water partition coefficient (Wildman–Crippen LogP) is 3.76. The first-order chi connectivity index (χ1) is 10.0. The average Bonchev–Trinajstić information content (AvgIpc) is 2.47. The fourth-order valence-electron chi connectivity index (χ4n) is 1.69. The normalized spacial score (nSPS) is 10.2. The van der Waals surface area contributed by atoms with Gasteiger partial charge < -0.3 is 5.32 Å². The summed E-state index contributed by atoms with van der Waals surface area (Å²) in [5.41, 5.74) is 1.14. The molecule has 0 aliphatic heterocycles. The second-order valence-corrected chi connectivity index (χ2v) is 5.48. The Morgan fingerprint density at radius 1 is 1.14 bits per heavy atom. The Hall–Kier alpha value is -2.14. The highest BCUT2D eigenvalue weighted by atomic mass is 32.2. The number of thioether (sulfide) groups is 1. The SMILES string of the molecule is CC(=O)c1cccc(NC(=O)CSc2ccc(F)cc2)c1. The third-order valence-electron chi connectivity index (χ3n) is 2.74. The molecule has 0 unspecified atom stereocenters. The molecular weight excluding hydrogens is 289 g/mol. The Bertz CT molecular complexity index is 656. The highest BCUT2D eigenvalue weighted by Gasteiger charge is 2.06. The Morgan fingerprint density at radius 2 is 1.86 bits per heavy atom. The summed E-state index contributed by atoms with van der Waals surface area (Å²) >= 11 is 1.32. The molecule has 108 valence electrons. The molecule has 0 aliphatic rings. The minimum atomic E-state index is -0.301. The van der Waals surface area contributed by atoms with E-state index in [1.54, 1.807) is 36.4 Å². The van der Waals surface area contributed by atoms with E-state index < -0.39 is 0 Å². The van der Waals surface area contributed by atoms with Gasteiger partial charge in [0.25, 0.3) is 0 Å². The molecule has 2 aromatic rings. The molecule has 1 N–H and O–H groups in total. The molecule has 0 aliphatic carbocycles. The van der Waals surface area contributed by atoms with Crippen molar-refractivity contribution in [3.63, 3.8) is 0 Å². The quantitative estimate of drug-likeness (QED) is 0.676. The third kappa shape index (κ3) is 4.72. The van der Waals surface area contributed by atoms with E-state index >= 15 is 0 Å². The first kappa shape index (κ1) is 15.3. The summed E-state index contributed by atoms with van der Waals surface area (Å²) in [6.45, 7) is 1.48. The minimum absolute atomic E-state index is 0.0493. The second-order valence-electron chi connectivity index (χ2n) is 4.43. The molecule has 0 atom stereocenters. The molecule has 3 nitrogen and oxygen atoms in total. The van der Waals surface area contributed by atoms with Crippen LogP contribution in [-0.2, 0) is 4.79 Å². The van der Waals surface area contributed by atoms with Gasteiger partial charge in [0, 0.05) is 16.1 Å². The summed E-state index contributed by atoms with van der Waals surface area (Å²) in [6.07, 6.45) is 0. The monoisotopic (exact) mass is 303 g/mol. The number of carbonyl (C=O) groups is 2. The molecule has 0 saturated heterocycles. The molecule has 5 heteroatoms. The van der Waals surface area contributed by atoms with Crippen LogP contribution in [0.5, 0.6) is 0 Å². The van der Waals surface area contributed by atoms with E-state index in [1.807, 2.05) is 0 Å². The van der Waals surface area contributed by atoms with Gasteiger partial charge in [-0.05, 0) is 43.3 Å². The maximum Gasteiger partial charge on any atom is 0.234 e. The lowest BCUT2D eigenvalue weighted by Crippen LogP contribution is -2.14. The van der Waals surface area contributed by atoms with Crippen LogP contribution < -0.4 is 5.32 Å². The number of rotatable bonds is 5. The fraction of sp³-hybridized carbons (Fsp3) is 0.125. The molecule has 0 spiro atoms. The molecule has 0 aromatic heterocycles. The van der Waals surface area contributed by atoms with Crippen molar-refractivity contribution in [3.8, 4) is 0 Å². The molecule has 0 fully saturated rings. The van der Waals surface area contributed by atoms with Gasteiger partial charge in [0.05, 0.1) is 5.75 Å². The van der Waals surface area contributed by atoms with Gasteiger partial charge in [-0.3, -0.25) is 9.59 Å². The predicted molar refractivity (Wildman–Crippen MR) is 82.2 cm³/mol. The Kier molecular flexibility index (Phi) is 5.11. The van der Waals surface area contributed by atoms with Gasteiger partial charge in [-0.1, -0.05) is 12.1 Å². The van der Waals surface area contributed by atoms with E-state index in [2.05, 4.69) is 5.32 Å². The van der Waals surface area contributed by atoms with Crippen LogP contribution in [0.3, 0.4) is 0 Å². The van der Waals surface area contributed by atoms with Gasteiger partial charge in [-0.25, -0.2) is 4.39 Å². The summed E-state index contributed by atoms with van der Waals surface area (Å²) in [5.74, 6) is -0.308. The van der Waals surface area contributed by atoms with Crippen LogP contribution in [0.4, 0.5) is 10.1 Å². The van der Waals surface area contributed by atoms with Gasteiger partial charge in [0.15, 0.2) is 5.78 Å². The van der Waals surface area contributed by atoms with Crippen LogP contribution >= 0.6 is 11.8 Å². The van der Waals surface area contributed by atoms with Crippen molar-refractivity contribution in [2.24, 2.45) is 0 Å². The summed E-state index contributed by atoms with van der Waals surface area (Å²) in [7, 11) is 0. The van der Waals surface area contributed by atoms with E-state index in [1.165, 1.54) is 30.8 Å². The lowest BCUT2D eigenvalue weighted by molar-refractivity contribution is -0.113. The van der Waals surface area contributed by atoms with Crippen LogP contribution in [0.1, 0.15) is 17.3 Å². The van der Waals surface area contributed by atoms with E-state index in [0.29, 0.717) is 11.3 Å². The number of ketones is 1. The number of halogens is 1. The maximum atomic E-state index is 12.8. The zero-order chi connectivity index (χ0) is 15.2. The molecule has 0 saturated carbocycles. The second kappa shape index (κ2) is 7.04. The Labute approximate surface area is 126 Å². The van der Waals surface area contributed by atoms with Gasteiger partial charge in [0.1, 0.15) is 5.82 Å². The lowest BCUT2D eigenvalue weighted by Gasteiger charge is -2.06. The van der Waals surface area contributed by atoms with Crippen molar-refractivity contribution in [2.45, 2.75) is 11.8 Å². The first-order valence-corrected chi connectivity index (χ1v) is 7.32. The van der Waals surface area contributed by atoms with Crippen LogP contribution in [0.2, 0.25) is 0 Å². The van der Waals surface area contributed by atoms with Crippen LogP contribution in [0.15, 0.2) is 53.4 Å². The van der Waals surface area contributed by atoms with Crippen LogP contribution in [-0.4, -0.2) is 17.4 Å². The number of amides is 1. The number of benzene rings is 2. The number of anilines is 1. The summed E-state index contributed by atoms with van der Waals surface area (Å²) in [6, 6.07) is 12.8. The van der Waals surface area contributed by atoms with Crippen molar-refractivity contribution in [3.05, 3.63) is 59.9 Å². The Balaban J connectivity index is 1.91. The van der Waals surface area contributed by atoms with Gasteiger partial charge in [-0.15, -0.1) is 11.8 Å². The van der Waals surface area contributed by atoms with Crippen LogP contribution in [0, 0.1) is 5.82 Å². The molecule has 1 amide bonds. The van der Waals surface area contributed by atoms with Crippen molar-refractivity contribution < 1.29 is 14.0 Å². The maximum absolute atomic E-state index is 12.8. The number of hydrogen-bond donors (Lipinski definition) is 1. The van der Waals surface area contributed by atoms with Crippen LogP contribution in [0.25, 0.3) is 0 Å². The largest absolute Gasteiger partial charge is 0.325 e. The van der Waals surface area contributed by atoms with Gasteiger partial charge >= 0.3 is 0 Å². The molecule has 0 heterocycles. The van der Waals surface area contributed by atoms with E-state index in [0.717, 1.165) is 4.90 Å². The number of hydrogen-bond acceptors (Lipinski definition) is 3. The molecule has 21 heavy (non-hydrogen) atoms. The van der Waals surface area contributed by atoms with Crippen molar-refractivity contribution in [1.82, 2.24) is 0 Å². The summed E-state index contributed by atoms with van der Waals surface area (Å²) in [4.78, 5) is 23.9. The standard InChI is InChI=1S/C16H14FNO2S/c1-11(19)12-3-2-4-14(9-12)18-16(20)10-21-15-7-5-13(17)6-8-15/h2-9H,10H2,1H3,(H,18,20). The molecule has 2 rings (SSSR count). The smallest absolute Gasteiger partial charge is 0.234 e. The summed E-state index contributed by atoms with van der Waals surface area (Å²) < 4.78 is 12.8. The van der Waals surface area contributed by atoms with Crippen molar-refractivity contribution in [1.29, 1.82) is 0 Å². The molecule has 2 aromatic carbocycles. The number of nitrogens with one attached hydrogen (secondary N) is 1. The van der Waals surface area contributed by atoms with Crippen molar-refractivity contribution >= 4 is 29.1 Å². The van der Waals surface area contributed by atoms with E-state index in [-0.39, 0.29) is 23.3 Å². The van der Waals surface area contributed by atoms with E-state index in [9.17, 15) is 14.0 Å². The first-order valence-electron chi connectivity index (χ1n) is 6.34. The van der Waals surface area contributed by atoms with Gasteiger partial charge in [0.2, 0.25) is 5.91 Å². The highest BCUT2D eigenvalue weighted by Crippen LogP contribution is 2.18. The zero-order valence-electron chi connectivity index (χ0n) is 11.4. The van der Waals surface area contributed by atoms with E-state index in [4.69, 9.17) is 0 Å². The topological polar surface area (TPSA) is 46.2 Å². The number of carbonyl (C=O) groups excluding carboxylic acids is 2. The minimum Gasteiger partial charge on any atom is -0.325 e. The Morgan fingerprint density at radius 3 is 2.52 bits per heavy atom. The zero-order valence-corrected chi connectivity index (χ0v) is 12.2. The number of Topliss-reactive ketones (excluding diaryl/α,β-unsaturated/α-hetero) is 1. The highest BCUT2D eigenvalue weighted by molar-refractivity contribution is 8.00. The fourth-order valence-corrected chi connectivity index (χ4v) is 2.39. The third-order valence-corrected chi connectivity index (χ3v) is 3.75. The van der Waals surface area contributed by atoms with Gasteiger partial charge in [-0.2, -0.15) is 0 Å². The summed E-state index contributed by atoms with van der Waals surface area (Å²) in [5, 5.41) is 2.73. The van der Waals surface area contributed by atoms with Crippen molar-refractivity contribution in [2.75, 3.05) is 11.1 Å². The average molecular weight is 303 g/mol. The lowest BCUT2D eigenvalue weighted by atomic mass is 10.1. The molecule has 0 bridgehead atoms.